The highest BCUT2D eigenvalue weighted by Crippen LogP contribution is 2.36. The van der Waals surface area contributed by atoms with Gasteiger partial charge in [0, 0.05) is 35.2 Å². The molecule has 1 aliphatic rings. The maximum atomic E-state index is 12.7. The number of thiazole rings is 1. The maximum Gasteiger partial charge on any atom is 0.322 e. The quantitative estimate of drug-likeness (QED) is 0.655. The second-order valence-corrected chi connectivity index (χ2v) is 7.88. The van der Waals surface area contributed by atoms with Gasteiger partial charge in [-0.15, -0.1) is 11.3 Å². The number of carbonyl (C=O) groups excluding carboxylic acids is 1. The van der Waals surface area contributed by atoms with Gasteiger partial charge in [-0.05, 0) is 30.3 Å². The Bertz CT molecular complexity index is 1070. The van der Waals surface area contributed by atoms with Gasteiger partial charge in [-0.25, -0.2) is 9.78 Å². The minimum Gasteiger partial charge on any atom is -0.497 e. The Morgan fingerprint density at radius 1 is 1.07 bits per heavy atom. The average molecular weight is 426 g/mol. The molecule has 2 amide bonds. The van der Waals surface area contributed by atoms with Gasteiger partial charge in [0.2, 0.25) is 0 Å². The summed E-state index contributed by atoms with van der Waals surface area (Å²) in [5.41, 5.74) is 2.73. The van der Waals surface area contributed by atoms with E-state index in [0.29, 0.717) is 36.0 Å². The van der Waals surface area contributed by atoms with E-state index >= 15 is 0 Å². The summed E-state index contributed by atoms with van der Waals surface area (Å²) in [6, 6.07) is 13.0. The molecule has 1 aromatic heterocycles. The number of hydrogen-bond acceptors (Lipinski definition) is 6. The zero-order valence-corrected chi connectivity index (χ0v) is 17.9. The van der Waals surface area contributed by atoms with Crippen LogP contribution >= 0.6 is 11.3 Å². The topological polar surface area (TPSA) is 72.9 Å². The zero-order chi connectivity index (χ0) is 21.1. The molecule has 2 heterocycles. The summed E-state index contributed by atoms with van der Waals surface area (Å²) < 4.78 is 15.9. The Morgan fingerprint density at radius 2 is 1.90 bits per heavy atom. The van der Waals surface area contributed by atoms with E-state index in [0.717, 1.165) is 27.6 Å². The largest absolute Gasteiger partial charge is 0.497 e. The van der Waals surface area contributed by atoms with Gasteiger partial charge in [0.05, 0.1) is 33.6 Å². The Labute approximate surface area is 179 Å². The number of hydrogen-bond donors (Lipinski definition) is 1. The number of benzene rings is 2. The van der Waals surface area contributed by atoms with Crippen LogP contribution in [0, 0.1) is 0 Å². The molecule has 0 spiro atoms. The van der Waals surface area contributed by atoms with E-state index in [4.69, 9.17) is 19.2 Å². The van der Waals surface area contributed by atoms with Crippen molar-refractivity contribution in [2.45, 2.75) is 13.0 Å². The molecule has 4 rings (SSSR count). The highest BCUT2D eigenvalue weighted by molar-refractivity contribution is 7.15. The molecule has 0 bridgehead atoms. The first-order chi connectivity index (χ1) is 14.6. The number of fused-ring (bicyclic) bond motifs is 1. The minimum atomic E-state index is -0.130. The number of rotatable bonds is 5. The Morgan fingerprint density at radius 3 is 2.67 bits per heavy atom. The van der Waals surface area contributed by atoms with Crippen LogP contribution in [-0.2, 0) is 13.0 Å². The van der Waals surface area contributed by atoms with Crippen LogP contribution in [0.2, 0.25) is 0 Å². The number of methoxy groups -OCH3 is 3. The van der Waals surface area contributed by atoms with Gasteiger partial charge in [-0.3, -0.25) is 0 Å². The van der Waals surface area contributed by atoms with Gasteiger partial charge in [0.15, 0.2) is 11.5 Å². The number of urea groups is 1. The van der Waals surface area contributed by atoms with Crippen LogP contribution in [0.15, 0.2) is 42.5 Å². The summed E-state index contributed by atoms with van der Waals surface area (Å²) in [5, 5.41) is 3.86. The molecule has 0 atom stereocenters. The fourth-order valence-electron chi connectivity index (χ4n) is 3.36. The monoisotopic (exact) mass is 425 g/mol. The van der Waals surface area contributed by atoms with Crippen LogP contribution in [0.5, 0.6) is 17.2 Å². The summed E-state index contributed by atoms with van der Waals surface area (Å²) in [6.45, 7) is 1.16. The molecule has 0 radical (unpaired) electrons. The summed E-state index contributed by atoms with van der Waals surface area (Å²) in [6.07, 6.45) is 0.727. The number of nitrogens with one attached hydrogen (secondary N) is 1. The van der Waals surface area contributed by atoms with Gasteiger partial charge in [0.25, 0.3) is 0 Å². The fraction of sp³-hybridized carbons (Fsp3) is 0.273. The molecule has 0 unspecified atom stereocenters. The van der Waals surface area contributed by atoms with Crippen LogP contribution < -0.4 is 19.5 Å². The molecular weight excluding hydrogens is 402 g/mol. The van der Waals surface area contributed by atoms with Crippen LogP contribution in [0.3, 0.4) is 0 Å². The van der Waals surface area contributed by atoms with E-state index in [1.807, 2.05) is 36.4 Å². The lowest BCUT2D eigenvalue weighted by atomic mass is 10.2. The van der Waals surface area contributed by atoms with Gasteiger partial charge in [-0.2, -0.15) is 0 Å². The van der Waals surface area contributed by atoms with Crippen molar-refractivity contribution in [3.8, 4) is 27.8 Å². The Kier molecular flexibility index (Phi) is 5.76. The van der Waals surface area contributed by atoms with Crippen molar-refractivity contribution in [1.82, 2.24) is 9.88 Å². The van der Waals surface area contributed by atoms with E-state index in [1.54, 1.807) is 43.6 Å². The lowest BCUT2D eigenvalue weighted by Gasteiger charge is -2.26. The predicted octanol–water partition coefficient (Wildman–Crippen LogP) is 4.43. The lowest BCUT2D eigenvalue weighted by Crippen LogP contribution is -2.38. The molecule has 3 aromatic rings. The first-order valence-corrected chi connectivity index (χ1v) is 10.3. The number of amides is 2. The summed E-state index contributed by atoms with van der Waals surface area (Å²) in [4.78, 5) is 20.4. The van der Waals surface area contributed by atoms with E-state index in [2.05, 4.69) is 5.32 Å². The van der Waals surface area contributed by atoms with Crippen molar-refractivity contribution < 1.29 is 19.0 Å². The van der Waals surface area contributed by atoms with Crippen molar-refractivity contribution in [3.05, 3.63) is 53.0 Å². The normalized spacial score (nSPS) is 12.8. The number of carbonyl (C=O) groups is 1. The molecule has 156 valence electrons. The van der Waals surface area contributed by atoms with Gasteiger partial charge in [-0.1, -0.05) is 6.07 Å². The molecule has 0 saturated carbocycles. The molecular formula is C22H23N3O4S. The number of aromatic nitrogens is 1. The van der Waals surface area contributed by atoms with Crippen molar-refractivity contribution in [2.24, 2.45) is 0 Å². The van der Waals surface area contributed by atoms with E-state index in [-0.39, 0.29) is 6.03 Å². The molecule has 0 saturated heterocycles. The lowest BCUT2D eigenvalue weighted by molar-refractivity contribution is 0.207. The van der Waals surface area contributed by atoms with Crippen molar-refractivity contribution in [2.75, 3.05) is 33.2 Å². The number of anilines is 1. The third-order valence-electron chi connectivity index (χ3n) is 4.97. The first-order valence-electron chi connectivity index (χ1n) is 9.52. The summed E-state index contributed by atoms with van der Waals surface area (Å²) in [5.74, 6) is 2.06. The summed E-state index contributed by atoms with van der Waals surface area (Å²) >= 11 is 1.61. The second kappa shape index (κ2) is 8.62. The molecule has 8 heteroatoms. The molecule has 7 nitrogen and oxygen atoms in total. The van der Waals surface area contributed by atoms with Crippen molar-refractivity contribution >= 4 is 23.1 Å². The molecule has 1 N–H and O–H groups in total. The van der Waals surface area contributed by atoms with E-state index in [1.165, 1.54) is 0 Å². The maximum absolute atomic E-state index is 12.7. The van der Waals surface area contributed by atoms with Crippen LogP contribution in [0.25, 0.3) is 10.6 Å². The predicted molar refractivity (Wildman–Crippen MR) is 117 cm³/mol. The molecule has 0 aliphatic carbocycles. The van der Waals surface area contributed by atoms with Crippen molar-refractivity contribution in [3.63, 3.8) is 0 Å². The van der Waals surface area contributed by atoms with Crippen LogP contribution in [0.1, 0.15) is 10.6 Å². The van der Waals surface area contributed by atoms with Gasteiger partial charge < -0.3 is 24.4 Å². The standard InChI is InChI=1S/C22H23N3O4S/c1-27-16-6-4-5-15(12-16)23-22(26)25-10-9-17-20(13-25)30-21(24-17)14-7-8-18(28-2)19(11-14)29-3/h4-8,11-12H,9-10,13H2,1-3H3,(H,23,26). The number of ether oxygens (including phenoxy) is 3. The fourth-order valence-corrected chi connectivity index (χ4v) is 4.48. The molecule has 2 aromatic carbocycles. The van der Waals surface area contributed by atoms with E-state index < -0.39 is 0 Å². The highest BCUT2D eigenvalue weighted by atomic mass is 32.1. The minimum absolute atomic E-state index is 0.130. The second-order valence-electron chi connectivity index (χ2n) is 6.79. The first kappa shape index (κ1) is 20.0. The van der Waals surface area contributed by atoms with Gasteiger partial charge >= 0.3 is 6.03 Å². The van der Waals surface area contributed by atoms with Gasteiger partial charge in [0.1, 0.15) is 10.8 Å². The Hall–Kier alpha value is -3.26. The van der Waals surface area contributed by atoms with Crippen LogP contribution in [-0.4, -0.2) is 43.8 Å². The Balaban J connectivity index is 1.49. The highest BCUT2D eigenvalue weighted by Gasteiger charge is 2.25. The van der Waals surface area contributed by atoms with Crippen LogP contribution in [0.4, 0.5) is 10.5 Å². The molecule has 0 fully saturated rings. The van der Waals surface area contributed by atoms with E-state index in [9.17, 15) is 4.79 Å². The number of nitrogens with zero attached hydrogens (tertiary/aromatic N) is 2. The third-order valence-corrected chi connectivity index (χ3v) is 6.10. The third kappa shape index (κ3) is 4.04. The molecule has 30 heavy (non-hydrogen) atoms. The summed E-state index contributed by atoms with van der Waals surface area (Å²) in [7, 11) is 4.84. The smallest absolute Gasteiger partial charge is 0.322 e. The zero-order valence-electron chi connectivity index (χ0n) is 17.1. The molecule has 1 aliphatic heterocycles. The average Bonchev–Trinajstić information content (AvgIpc) is 3.22. The van der Waals surface area contributed by atoms with Crippen molar-refractivity contribution in [1.29, 1.82) is 0 Å². The SMILES string of the molecule is COc1cccc(NC(=O)N2CCc3nc(-c4ccc(OC)c(OC)c4)sc3C2)c1.